The maximum Gasteiger partial charge on any atom is 0.269 e. The number of hydrogen-bond donors (Lipinski definition) is 0. The maximum absolute atomic E-state index is 10.8. The summed E-state index contributed by atoms with van der Waals surface area (Å²) < 4.78 is 11.7. The molecule has 45 heavy (non-hydrogen) atoms. The lowest BCUT2D eigenvalue weighted by atomic mass is 10.0. The van der Waals surface area contributed by atoms with Gasteiger partial charge in [0.25, 0.3) is 11.4 Å². The van der Waals surface area contributed by atoms with Crippen molar-refractivity contribution < 1.29 is 19.3 Å². The predicted molar refractivity (Wildman–Crippen MR) is 173 cm³/mol. The van der Waals surface area contributed by atoms with Crippen LogP contribution in [0.3, 0.4) is 0 Å². The second-order valence-corrected chi connectivity index (χ2v) is 11.9. The average molecular weight is 611 g/mol. The van der Waals surface area contributed by atoms with Crippen LogP contribution in [0.1, 0.15) is 30.4 Å². The number of nitro benzene ring substituents is 2. The van der Waals surface area contributed by atoms with E-state index in [9.17, 15) is 20.2 Å². The quantitative estimate of drug-likeness (QED) is 0.104. The number of nitrogens with zero attached hydrogens (tertiary/aromatic N) is 4. The van der Waals surface area contributed by atoms with Gasteiger partial charge in [-0.05, 0) is 105 Å². The third-order valence-corrected chi connectivity index (χ3v) is 8.11. The van der Waals surface area contributed by atoms with Gasteiger partial charge in [0.1, 0.15) is 23.0 Å². The first-order valence-corrected chi connectivity index (χ1v) is 15.1. The Morgan fingerprint density at radius 2 is 0.889 bits per heavy atom. The van der Waals surface area contributed by atoms with Crippen molar-refractivity contribution in [3.05, 3.63) is 128 Å². The first-order valence-electron chi connectivity index (χ1n) is 15.1. The van der Waals surface area contributed by atoms with Gasteiger partial charge in [-0.2, -0.15) is 0 Å². The molecule has 1 aliphatic rings. The number of ether oxygens (including phenoxy) is 2. The van der Waals surface area contributed by atoms with Crippen LogP contribution in [0.15, 0.2) is 97.1 Å². The van der Waals surface area contributed by atoms with E-state index in [1.54, 1.807) is 24.3 Å². The summed E-state index contributed by atoms with van der Waals surface area (Å²) in [6.07, 6.45) is 3.73. The van der Waals surface area contributed by atoms with Crippen molar-refractivity contribution >= 4 is 11.4 Å². The van der Waals surface area contributed by atoms with E-state index in [4.69, 9.17) is 9.47 Å². The van der Waals surface area contributed by atoms with Crippen molar-refractivity contribution in [2.24, 2.45) is 11.8 Å². The molecule has 0 amide bonds. The van der Waals surface area contributed by atoms with Crippen molar-refractivity contribution in [3.8, 4) is 23.0 Å². The molecule has 0 aromatic heterocycles. The van der Waals surface area contributed by atoms with Crippen LogP contribution < -0.4 is 9.47 Å². The molecule has 2 atom stereocenters. The van der Waals surface area contributed by atoms with Crippen molar-refractivity contribution in [1.82, 2.24) is 9.80 Å². The summed E-state index contributed by atoms with van der Waals surface area (Å²) >= 11 is 0. The van der Waals surface area contributed by atoms with Crippen LogP contribution in [-0.2, 0) is 13.1 Å². The van der Waals surface area contributed by atoms with Crippen LogP contribution in [0.2, 0.25) is 0 Å². The summed E-state index contributed by atoms with van der Waals surface area (Å²) in [5.41, 5.74) is 2.51. The molecule has 1 aliphatic carbocycles. The minimum atomic E-state index is -0.424. The van der Waals surface area contributed by atoms with Gasteiger partial charge in [-0.25, -0.2) is 0 Å². The molecule has 0 aliphatic heterocycles. The Balaban J connectivity index is 1.01. The smallest absolute Gasteiger partial charge is 0.269 e. The average Bonchev–Trinajstić information content (AvgIpc) is 3.45. The second-order valence-electron chi connectivity index (χ2n) is 11.9. The zero-order valence-corrected chi connectivity index (χ0v) is 25.6. The molecule has 1 saturated carbocycles. The van der Waals surface area contributed by atoms with Gasteiger partial charge >= 0.3 is 0 Å². The zero-order valence-electron chi connectivity index (χ0n) is 25.6. The standard InChI is InChI=1S/C35H38N4O6/c1-36(22-26-5-13-32(14-6-26)44-34-17-9-30(10-18-34)38(40)41)24-28-3-4-29(21-28)25-37(2)23-27-7-15-33(16-8-27)45-35-19-11-31(12-20-35)39(42)43/h5-20,28-29H,3-4,21-25H2,1-2H3. The molecule has 2 unspecified atom stereocenters. The normalized spacial score (nSPS) is 16.2. The van der Waals surface area contributed by atoms with E-state index < -0.39 is 9.85 Å². The Hall–Kier alpha value is -4.80. The molecule has 0 saturated heterocycles. The van der Waals surface area contributed by atoms with Gasteiger partial charge in [0, 0.05) is 50.4 Å². The molecule has 0 spiro atoms. The highest BCUT2D eigenvalue weighted by molar-refractivity contribution is 5.40. The summed E-state index contributed by atoms with van der Waals surface area (Å²) in [6, 6.07) is 28.2. The van der Waals surface area contributed by atoms with Crippen LogP contribution in [0.5, 0.6) is 23.0 Å². The molecule has 234 valence electrons. The number of non-ortho nitro benzene ring substituents is 2. The number of nitro groups is 2. The van der Waals surface area contributed by atoms with E-state index in [0.29, 0.717) is 34.8 Å². The van der Waals surface area contributed by atoms with Crippen molar-refractivity contribution in [2.45, 2.75) is 32.4 Å². The summed E-state index contributed by atoms with van der Waals surface area (Å²) in [6.45, 7) is 3.86. The summed E-state index contributed by atoms with van der Waals surface area (Å²) in [5, 5.41) is 21.7. The molecular weight excluding hydrogens is 572 g/mol. The largest absolute Gasteiger partial charge is 0.457 e. The van der Waals surface area contributed by atoms with E-state index in [-0.39, 0.29) is 11.4 Å². The minimum Gasteiger partial charge on any atom is -0.457 e. The van der Waals surface area contributed by atoms with Crippen molar-refractivity contribution in [3.63, 3.8) is 0 Å². The van der Waals surface area contributed by atoms with Gasteiger partial charge < -0.3 is 19.3 Å². The Bertz CT molecular complexity index is 1440. The fourth-order valence-electron chi connectivity index (χ4n) is 6.01. The zero-order chi connectivity index (χ0) is 31.8. The molecule has 10 heteroatoms. The molecule has 0 N–H and O–H groups in total. The Morgan fingerprint density at radius 1 is 0.578 bits per heavy atom. The third-order valence-electron chi connectivity index (χ3n) is 8.11. The lowest BCUT2D eigenvalue weighted by Gasteiger charge is -2.23. The number of hydrogen-bond acceptors (Lipinski definition) is 8. The first-order chi connectivity index (χ1) is 21.7. The van der Waals surface area contributed by atoms with E-state index in [2.05, 4.69) is 48.2 Å². The predicted octanol–water partition coefficient (Wildman–Crippen LogP) is 8.07. The van der Waals surface area contributed by atoms with E-state index in [0.717, 1.165) is 26.2 Å². The highest BCUT2D eigenvalue weighted by Crippen LogP contribution is 2.33. The topological polar surface area (TPSA) is 111 Å². The van der Waals surface area contributed by atoms with Crippen LogP contribution >= 0.6 is 0 Å². The van der Waals surface area contributed by atoms with Crippen LogP contribution in [-0.4, -0.2) is 46.8 Å². The van der Waals surface area contributed by atoms with E-state index in [1.807, 2.05) is 24.3 Å². The van der Waals surface area contributed by atoms with Crippen LogP contribution in [0, 0.1) is 32.1 Å². The van der Waals surface area contributed by atoms with E-state index >= 15 is 0 Å². The van der Waals surface area contributed by atoms with Crippen molar-refractivity contribution in [2.75, 3.05) is 27.2 Å². The highest BCUT2D eigenvalue weighted by atomic mass is 16.6. The molecule has 0 bridgehead atoms. The fourth-order valence-corrected chi connectivity index (χ4v) is 6.01. The van der Waals surface area contributed by atoms with Gasteiger partial charge in [0.15, 0.2) is 0 Å². The third kappa shape index (κ3) is 9.34. The number of rotatable bonds is 14. The van der Waals surface area contributed by atoms with Crippen LogP contribution in [0.25, 0.3) is 0 Å². The molecular formula is C35H38N4O6. The number of benzene rings is 4. The van der Waals surface area contributed by atoms with Gasteiger partial charge in [-0.15, -0.1) is 0 Å². The van der Waals surface area contributed by atoms with Gasteiger partial charge in [-0.3, -0.25) is 20.2 Å². The fraction of sp³-hybridized carbons (Fsp3) is 0.314. The molecule has 10 nitrogen and oxygen atoms in total. The van der Waals surface area contributed by atoms with Gasteiger partial charge in [0.05, 0.1) is 9.85 Å². The Kier molecular flexibility index (Phi) is 10.4. The first kappa shape index (κ1) is 31.6. The van der Waals surface area contributed by atoms with Gasteiger partial charge in [0.2, 0.25) is 0 Å². The molecule has 1 fully saturated rings. The lowest BCUT2D eigenvalue weighted by Crippen LogP contribution is -2.26. The van der Waals surface area contributed by atoms with Crippen LogP contribution in [0.4, 0.5) is 11.4 Å². The van der Waals surface area contributed by atoms with Gasteiger partial charge in [-0.1, -0.05) is 24.3 Å². The SMILES string of the molecule is CN(Cc1ccc(Oc2ccc([N+](=O)[O-])cc2)cc1)CC1CCC(CN(C)Cc2ccc(Oc3ccc([N+](=O)[O-])cc3)cc2)C1. The Morgan fingerprint density at radius 3 is 1.20 bits per heavy atom. The van der Waals surface area contributed by atoms with Crippen molar-refractivity contribution in [1.29, 1.82) is 0 Å². The Labute approximate surface area is 263 Å². The highest BCUT2D eigenvalue weighted by Gasteiger charge is 2.26. The second kappa shape index (κ2) is 14.8. The minimum absolute atomic E-state index is 0.0409. The molecule has 4 aromatic rings. The maximum atomic E-state index is 10.8. The summed E-state index contributed by atoms with van der Waals surface area (Å²) in [7, 11) is 4.35. The summed E-state index contributed by atoms with van der Waals surface area (Å²) in [4.78, 5) is 25.6. The van der Waals surface area contributed by atoms with E-state index in [1.165, 1.54) is 54.7 Å². The monoisotopic (exact) mass is 610 g/mol. The molecule has 5 rings (SSSR count). The molecule has 0 heterocycles. The lowest BCUT2D eigenvalue weighted by molar-refractivity contribution is -0.385. The molecule has 4 aromatic carbocycles. The molecule has 0 radical (unpaired) electrons. The summed E-state index contributed by atoms with van der Waals surface area (Å²) in [5.74, 6) is 3.91.